The molecule has 4 aromatic rings. The lowest BCUT2D eigenvalue weighted by Crippen LogP contribution is -2.27. The molecule has 0 radical (unpaired) electrons. The van der Waals surface area contributed by atoms with E-state index in [9.17, 15) is 0 Å². The average Bonchev–Trinajstić information content (AvgIpc) is 3.25. The molecular formula is C26H25BrN6. The van der Waals surface area contributed by atoms with Crippen molar-refractivity contribution < 1.29 is 0 Å². The Labute approximate surface area is 202 Å². The number of benzene rings is 2. The van der Waals surface area contributed by atoms with Crippen LogP contribution in [0.2, 0.25) is 0 Å². The van der Waals surface area contributed by atoms with Gasteiger partial charge in [0.1, 0.15) is 12.2 Å². The Balaban J connectivity index is 1.49. The Bertz CT molecular complexity index is 1220. The van der Waals surface area contributed by atoms with E-state index in [0.29, 0.717) is 18.7 Å². The lowest BCUT2D eigenvalue weighted by Gasteiger charge is -2.22. The van der Waals surface area contributed by atoms with Gasteiger partial charge in [-0.2, -0.15) is 5.26 Å². The van der Waals surface area contributed by atoms with Crippen LogP contribution in [0, 0.1) is 18.3 Å². The number of rotatable bonds is 9. The molecule has 0 spiro atoms. The Morgan fingerprint density at radius 2 is 1.73 bits per heavy atom. The molecule has 0 aliphatic heterocycles. The van der Waals surface area contributed by atoms with Crippen LogP contribution < -0.4 is 0 Å². The maximum Gasteiger partial charge on any atom is 0.147 e. The van der Waals surface area contributed by atoms with Crippen molar-refractivity contribution >= 4 is 15.9 Å². The maximum atomic E-state index is 9.02. The zero-order valence-corrected chi connectivity index (χ0v) is 20.1. The third-order valence-electron chi connectivity index (χ3n) is 5.46. The zero-order valence-electron chi connectivity index (χ0n) is 18.5. The largest absolute Gasteiger partial charge is 0.312 e. The maximum absolute atomic E-state index is 9.02. The predicted molar refractivity (Wildman–Crippen MR) is 131 cm³/mol. The molecule has 2 aromatic heterocycles. The number of nitrogens with zero attached hydrogens (tertiary/aromatic N) is 6. The highest BCUT2D eigenvalue weighted by Gasteiger charge is 2.14. The minimum absolute atomic E-state index is 0.660. The fraction of sp³-hybridized carbons (Fsp3) is 0.231. The monoisotopic (exact) mass is 500 g/mol. The summed E-state index contributed by atoms with van der Waals surface area (Å²) < 4.78 is 3.15. The summed E-state index contributed by atoms with van der Waals surface area (Å²) in [6, 6.07) is 24.4. The first kappa shape index (κ1) is 22.8. The van der Waals surface area contributed by atoms with Crippen molar-refractivity contribution in [1.29, 1.82) is 5.26 Å². The van der Waals surface area contributed by atoms with E-state index in [1.54, 1.807) is 6.33 Å². The van der Waals surface area contributed by atoms with Gasteiger partial charge in [-0.3, -0.25) is 9.88 Å². The minimum atomic E-state index is 0.660. The summed E-state index contributed by atoms with van der Waals surface area (Å²) in [5.41, 5.74) is 5.12. The van der Waals surface area contributed by atoms with Crippen molar-refractivity contribution in [3.63, 3.8) is 0 Å². The van der Waals surface area contributed by atoms with Crippen molar-refractivity contribution in [1.82, 2.24) is 24.6 Å². The SMILES string of the molecule is Cc1cccc(CN(CCc2ccc(Br)cc2)Cc2nncn2Cc2ccc(C#N)cc2)n1. The van der Waals surface area contributed by atoms with Crippen LogP contribution in [0.15, 0.2) is 77.5 Å². The number of nitriles is 1. The van der Waals surface area contributed by atoms with E-state index in [0.717, 1.165) is 46.8 Å². The predicted octanol–water partition coefficient (Wildman–Crippen LogP) is 4.91. The quantitative estimate of drug-likeness (QED) is 0.326. The van der Waals surface area contributed by atoms with Crippen molar-refractivity contribution in [2.45, 2.75) is 33.0 Å². The van der Waals surface area contributed by atoms with Crippen LogP contribution in [-0.2, 0) is 26.1 Å². The second-order valence-electron chi connectivity index (χ2n) is 8.04. The fourth-order valence-electron chi connectivity index (χ4n) is 3.68. The molecule has 0 saturated heterocycles. The Morgan fingerprint density at radius 3 is 2.45 bits per heavy atom. The first-order chi connectivity index (χ1) is 16.1. The third kappa shape index (κ3) is 6.58. The van der Waals surface area contributed by atoms with Crippen molar-refractivity contribution in [2.75, 3.05) is 6.54 Å². The molecule has 0 aliphatic rings. The van der Waals surface area contributed by atoms with Gasteiger partial charge in [-0.15, -0.1) is 10.2 Å². The van der Waals surface area contributed by atoms with Crippen LogP contribution in [0.3, 0.4) is 0 Å². The number of hydrogen-bond acceptors (Lipinski definition) is 5. The molecule has 2 heterocycles. The van der Waals surface area contributed by atoms with E-state index < -0.39 is 0 Å². The first-order valence-corrected chi connectivity index (χ1v) is 11.6. The highest BCUT2D eigenvalue weighted by atomic mass is 79.9. The summed E-state index contributed by atoms with van der Waals surface area (Å²) >= 11 is 3.51. The second kappa shape index (κ2) is 11.0. The lowest BCUT2D eigenvalue weighted by molar-refractivity contribution is 0.247. The third-order valence-corrected chi connectivity index (χ3v) is 5.99. The standard InChI is InChI=1S/C26H25BrN6/c1-20-3-2-4-25(30-20)17-32(14-13-21-9-11-24(27)12-10-21)18-26-31-29-19-33(26)16-23-7-5-22(15-28)6-8-23/h2-12,19H,13-14,16-18H2,1H3. The molecule has 7 heteroatoms. The number of aryl methyl sites for hydroxylation is 1. The number of pyridine rings is 1. The van der Waals surface area contributed by atoms with E-state index in [1.807, 2.05) is 37.3 Å². The lowest BCUT2D eigenvalue weighted by atomic mass is 10.1. The summed E-state index contributed by atoms with van der Waals surface area (Å²) in [7, 11) is 0. The van der Waals surface area contributed by atoms with Crippen molar-refractivity contribution in [3.05, 3.63) is 111 Å². The van der Waals surface area contributed by atoms with Gasteiger partial charge in [-0.05, 0) is 60.9 Å². The molecule has 0 N–H and O–H groups in total. The van der Waals surface area contributed by atoms with Gasteiger partial charge >= 0.3 is 0 Å². The molecule has 166 valence electrons. The normalized spacial score (nSPS) is 11.0. The molecule has 0 fully saturated rings. The van der Waals surface area contributed by atoms with E-state index >= 15 is 0 Å². The van der Waals surface area contributed by atoms with Gasteiger partial charge in [0.05, 0.1) is 30.4 Å². The molecule has 0 bridgehead atoms. The van der Waals surface area contributed by atoms with Gasteiger partial charge in [0.25, 0.3) is 0 Å². The van der Waals surface area contributed by atoms with Gasteiger partial charge in [-0.25, -0.2) is 0 Å². The molecule has 0 atom stereocenters. The van der Waals surface area contributed by atoms with Crippen LogP contribution >= 0.6 is 15.9 Å². The van der Waals surface area contributed by atoms with E-state index in [2.05, 4.69) is 78.1 Å². The highest BCUT2D eigenvalue weighted by Crippen LogP contribution is 2.14. The number of aromatic nitrogens is 4. The van der Waals surface area contributed by atoms with Crippen molar-refractivity contribution in [2.24, 2.45) is 0 Å². The van der Waals surface area contributed by atoms with Crippen LogP contribution in [0.25, 0.3) is 0 Å². The van der Waals surface area contributed by atoms with E-state index in [-0.39, 0.29) is 0 Å². The van der Waals surface area contributed by atoms with Gasteiger partial charge in [-0.1, -0.05) is 46.3 Å². The van der Waals surface area contributed by atoms with Crippen LogP contribution in [0.1, 0.15) is 33.9 Å². The smallest absolute Gasteiger partial charge is 0.147 e. The minimum Gasteiger partial charge on any atom is -0.312 e. The Hall–Kier alpha value is -3.34. The highest BCUT2D eigenvalue weighted by molar-refractivity contribution is 9.10. The van der Waals surface area contributed by atoms with Crippen molar-refractivity contribution in [3.8, 4) is 6.07 Å². The number of hydrogen-bond donors (Lipinski definition) is 0. The summed E-state index contributed by atoms with van der Waals surface area (Å²) in [6.45, 7) is 4.96. The molecule has 0 aliphatic carbocycles. The van der Waals surface area contributed by atoms with Gasteiger partial charge in [0, 0.05) is 23.3 Å². The average molecular weight is 501 g/mol. The van der Waals surface area contributed by atoms with Crippen LogP contribution in [0.5, 0.6) is 0 Å². The molecular weight excluding hydrogens is 476 g/mol. The van der Waals surface area contributed by atoms with Gasteiger partial charge in [0.2, 0.25) is 0 Å². The Morgan fingerprint density at radius 1 is 0.970 bits per heavy atom. The summed E-state index contributed by atoms with van der Waals surface area (Å²) in [5.74, 6) is 0.905. The number of halogens is 1. The van der Waals surface area contributed by atoms with Crippen LogP contribution in [0.4, 0.5) is 0 Å². The zero-order chi connectivity index (χ0) is 23.0. The summed E-state index contributed by atoms with van der Waals surface area (Å²) in [4.78, 5) is 7.06. The van der Waals surface area contributed by atoms with E-state index in [1.165, 1.54) is 5.56 Å². The first-order valence-electron chi connectivity index (χ1n) is 10.8. The molecule has 4 rings (SSSR count). The molecule has 0 saturated carbocycles. The Kier molecular flexibility index (Phi) is 7.61. The van der Waals surface area contributed by atoms with E-state index in [4.69, 9.17) is 10.2 Å². The second-order valence-corrected chi connectivity index (χ2v) is 8.96. The molecule has 2 aromatic carbocycles. The molecule has 33 heavy (non-hydrogen) atoms. The van der Waals surface area contributed by atoms with Gasteiger partial charge < -0.3 is 4.57 Å². The molecule has 0 unspecified atom stereocenters. The van der Waals surface area contributed by atoms with Gasteiger partial charge in [0.15, 0.2) is 0 Å². The molecule has 0 amide bonds. The topological polar surface area (TPSA) is 70.6 Å². The summed E-state index contributed by atoms with van der Waals surface area (Å²) in [5, 5.41) is 17.6. The molecule has 6 nitrogen and oxygen atoms in total. The fourth-order valence-corrected chi connectivity index (χ4v) is 3.95. The summed E-state index contributed by atoms with van der Waals surface area (Å²) in [6.07, 6.45) is 2.70. The van der Waals surface area contributed by atoms with Crippen LogP contribution in [-0.4, -0.2) is 31.2 Å².